The van der Waals surface area contributed by atoms with Gasteiger partial charge in [-0.15, -0.1) is 6.58 Å². The van der Waals surface area contributed by atoms with Crippen LogP contribution in [0.4, 0.5) is 18.9 Å². The lowest BCUT2D eigenvalue weighted by Gasteiger charge is -2.23. The first kappa shape index (κ1) is 18.3. The second-order valence-corrected chi connectivity index (χ2v) is 7.39. The number of carbonyl (C=O) groups excluding carboxylic acids is 1. The van der Waals surface area contributed by atoms with Crippen molar-refractivity contribution in [1.82, 2.24) is 4.90 Å². The Kier molecular flexibility index (Phi) is 5.22. The van der Waals surface area contributed by atoms with E-state index < -0.39 is 28.7 Å². The molecule has 0 aromatic heterocycles. The lowest BCUT2D eigenvalue weighted by Crippen LogP contribution is -2.39. The molecule has 1 aromatic carbocycles. The topological polar surface area (TPSA) is 57.7 Å². The largest absolute Gasteiger partial charge is 0.406 e. The zero-order valence-corrected chi connectivity index (χ0v) is 13.6. The van der Waals surface area contributed by atoms with Crippen molar-refractivity contribution in [3.05, 3.63) is 42.5 Å². The van der Waals surface area contributed by atoms with Crippen molar-refractivity contribution in [2.24, 2.45) is 0 Å². The van der Waals surface area contributed by atoms with Gasteiger partial charge in [-0.1, -0.05) is 12.1 Å². The summed E-state index contributed by atoms with van der Waals surface area (Å²) >= 11 is 0. The standard InChI is InChI=1S/C15H17F3N2O3S/c1-2-7-19(11-15(16,17)18)14(21)12-5-3-6-13(10-12)20-8-4-9-24(20,22)23/h2-3,5-6,10H,1,4,7-9,11H2. The molecule has 0 unspecified atom stereocenters. The van der Waals surface area contributed by atoms with Crippen molar-refractivity contribution >= 4 is 21.6 Å². The predicted molar refractivity (Wildman–Crippen MR) is 84.3 cm³/mol. The second kappa shape index (κ2) is 6.84. The SMILES string of the molecule is C=CCN(CC(F)(F)F)C(=O)c1cccc(N2CCCS2(=O)=O)c1. The fourth-order valence-electron chi connectivity index (χ4n) is 2.50. The summed E-state index contributed by atoms with van der Waals surface area (Å²) in [6, 6.07) is 5.63. The average Bonchev–Trinajstić information content (AvgIpc) is 2.84. The number of carbonyl (C=O) groups is 1. The number of rotatable bonds is 5. The maximum Gasteiger partial charge on any atom is 0.406 e. The van der Waals surface area contributed by atoms with Crippen LogP contribution in [0.2, 0.25) is 0 Å². The van der Waals surface area contributed by atoms with Gasteiger partial charge in [-0.05, 0) is 24.6 Å². The lowest BCUT2D eigenvalue weighted by molar-refractivity contribution is -0.139. The molecule has 0 atom stereocenters. The van der Waals surface area contributed by atoms with E-state index in [1.165, 1.54) is 34.6 Å². The first-order chi connectivity index (χ1) is 11.1. The highest BCUT2D eigenvalue weighted by Crippen LogP contribution is 2.26. The highest BCUT2D eigenvalue weighted by Gasteiger charge is 2.33. The summed E-state index contributed by atoms with van der Waals surface area (Å²) in [5, 5.41) is 0. The summed E-state index contributed by atoms with van der Waals surface area (Å²) in [5.41, 5.74) is 0.282. The van der Waals surface area contributed by atoms with Crippen LogP contribution in [-0.2, 0) is 10.0 Å². The molecule has 1 saturated heterocycles. The molecule has 0 bridgehead atoms. The maximum absolute atomic E-state index is 12.6. The van der Waals surface area contributed by atoms with E-state index in [1.807, 2.05) is 0 Å². The highest BCUT2D eigenvalue weighted by molar-refractivity contribution is 7.93. The number of amides is 1. The Labute approximate surface area is 138 Å². The number of halogens is 3. The summed E-state index contributed by atoms with van der Waals surface area (Å²) < 4.78 is 62.9. The Hall–Kier alpha value is -2.03. The molecule has 1 aromatic rings. The second-order valence-electron chi connectivity index (χ2n) is 5.38. The third-order valence-electron chi connectivity index (χ3n) is 3.49. The average molecular weight is 362 g/mol. The van der Waals surface area contributed by atoms with Gasteiger partial charge in [-0.3, -0.25) is 9.10 Å². The van der Waals surface area contributed by atoms with E-state index in [9.17, 15) is 26.4 Å². The Bertz CT molecular complexity index is 732. The van der Waals surface area contributed by atoms with Crippen molar-refractivity contribution < 1.29 is 26.4 Å². The van der Waals surface area contributed by atoms with Crippen LogP contribution in [0.25, 0.3) is 0 Å². The summed E-state index contributed by atoms with van der Waals surface area (Å²) in [7, 11) is -3.43. The minimum absolute atomic E-state index is 0.000648. The van der Waals surface area contributed by atoms with E-state index in [0.29, 0.717) is 17.9 Å². The molecule has 0 radical (unpaired) electrons. The van der Waals surface area contributed by atoms with Gasteiger partial charge in [0.15, 0.2) is 0 Å². The molecule has 1 amide bonds. The number of alkyl halides is 3. The molecule has 0 saturated carbocycles. The van der Waals surface area contributed by atoms with Crippen molar-refractivity contribution in [2.45, 2.75) is 12.6 Å². The predicted octanol–water partition coefficient (Wildman–Crippen LogP) is 2.42. The molecular weight excluding hydrogens is 345 g/mol. The van der Waals surface area contributed by atoms with Gasteiger partial charge in [0.1, 0.15) is 6.54 Å². The fourth-order valence-corrected chi connectivity index (χ4v) is 4.05. The molecular formula is C15H17F3N2O3S. The number of nitrogens with zero attached hydrogens (tertiary/aromatic N) is 2. The number of benzene rings is 1. The van der Waals surface area contributed by atoms with Crippen LogP contribution >= 0.6 is 0 Å². The van der Waals surface area contributed by atoms with E-state index in [1.54, 1.807) is 0 Å². The van der Waals surface area contributed by atoms with Gasteiger partial charge in [0.2, 0.25) is 10.0 Å². The molecule has 0 spiro atoms. The van der Waals surface area contributed by atoms with Crippen molar-refractivity contribution in [2.75, 3.05) is 29.7 Å². The summed E-state index contributed by atoms with van der Waals surface area (Å²) in [5.74, 6) is -0.812. The van der Waals surface area contributed by atoms with Gasteiger partial charge in [-0.2, -0.15) is 13.2 Å². The lowest BCUT2D eigenvalue weighted by atomic mass is 10.1. The van der Waals surface area contributed by atoms with Crippen LogP contribution in [0, 0.1) is 0 Å². The van der Waals surface area contributed by atoms with Crippen LogP contribution < -0.4 is 4.31 Å². The molecule has 0 aliphatic carbocycles. The smallest absolute Gasteiger partial charge is 0.326 e. The van der Waals surface area contributed by atoms with Gasteiger partial charge in [0.25, 0.3) is 5.91 Å². The maximum atomic E-state index is 12.6. The molecule has 132 valence electrons. The molecule has 1 fully saturated rings. The van der Waals surface area contributed by atoms with Gasteiger partial charge >= 0.3 is 6.18 Å². The molecule has 0 N–H and O–H groups in total. The number of hydrogen-bond acceptors (Lipinski definition) is 3. The Balaban J connectivity index is 2.29. The summed E-state index contributed by atoms with van der Waals surface area (Å²) in [6.45, 7) is 1.99. The molecule has 5 nitrogen and oxygen atoms in total. The van der Waals surface area contributed by atoms with Gasteiger partial charge in [0.05, 0.1) is 11.4 Å². The number of hydrogen-bond donors (Lipinski definition) is 0. The van der Waals surface area contributed by atoms with Gasteiger partial charge in [0, 0.05) is 18.7 Å². The molecule has 9 heteroatoms. The molecule has 24 heavy (non-hydrogen) atoms. The van der Waals surface area contributed by atoms with E-state index in [2.05, 4.69) is 6.58 Å². The molecule has 1 aliphatic heterocycles. The van der Waals surface area contributed by atoms with Crippen LogP contribution in [0.3, 0.4) is 0 Å². The number of anilines is 1. The molecule has 1 aliphatic rings. The quantitative estimate of drug-likeness (QED) is 0.756. The van der Waals surface area contributed by atoms with Crippen LogP contribution in [0.5, 0.6) is 0 Å². The van der Waals surface area contributed by atoms with Crippen LogP contribution in [0.1, 0.15) is 16.8 Å². The van der Waals surface area contributed by atoms with E-state index in [0.717, 1.165) is 0 Å². The van der Waals surface area contributed by atoms with Crippen LogP contribution in [0.15, 0.2) is 36.9 Å². The number of sulfonamides is 1. The first-order valence-electron chi connectivity index (χ1n) is 7.21. The Morgan fingerprint density at radius 1 is 1.38 bits per heavy atom. The van der Waals surface area contributed by atoms with Gasteiger partial charge in [-0.25, -0.2) is 8.42 Å². The monoisotopic (exact) mass is 362 g/mol. The van der Waals surface area contributed by atoms with Crippen molar-refractivity contribution in [3.63, 3.8) is 0 Å². The first-order valence-corrected chi connectivity index (χ1v) is 8.82. The van der Waals surface area contributed by atoms with E-state index in [-0.39, 0.29) is 23.5 Å². The zero-order valence-electron chi connectivity index (χ0n) is 12.8. The van der Waals surface area contributed by atoms with Crippen molar-refractivity contribution in [3.8, 4) is 0 Å². The van der Waals surface area contributed by atoms with E-state index in [4.69, 9.17) is 0 Å². The highest BCUT2D eigenvalue weighted by atomic mass is 32.2. The normalized spacial score (nSPS) is 16.9. The third-order valence-corrected chi connectivity index (χ3v) is 5.36. The van der Waals surface area contributed by atoms with Crippen molar-refractivity contribution in [1.29, 1.82) is 0 Å². The summed E-state index contributed by atoms with van der Waals surface area (Å²) in [4.78, 5) is 13.0. The zero-order chi connectivity index (χ0) is 18.0. The summed E-state index contributed by atoms with van der Waals surface area (Å²) in [6.07, 6.45) is -2.86. The minimum atomic E-state index is -4.53. The Morgan fingerprint density at radius 2 is 2.08 bits per heavy atom. The van der Waals surface area contributed by atoms with E-state index >= 15 is 0 Å². The Morgan fingerprint density at radius 3 is 2.62 bits per heavy atom. The van der Waals surface area contributed by atoms with Crippen LogP contribution in [-0.4, -0.2) is 50.8 Å². The van der Waals surface area contributed by atoms with Gasteiger partial charge < -0.3 is 4.90 Å². The fraction of sp³-hybridized carbons (Fsp3) is 0.400. The molecule has 1 heterocycles. The minimum Gasteiger partial charge on any atom is -0.326 e. The molecule has 2 rings (SSSR count). The third kappa shape index (κ3) is 4.28.